The molecule has 0 spiro atoms. The number of halogens is 5. The minimum Gasteiger partial charge on any atom is -0.348 e. The first-order valence-corrected chi connectivity index (χ1v) is 10.1. The summed E-state index contributed by atoms with van der Waals surface area (Å²) < 4.78 is 43.4. The van der Waals surface area contributed by atoms with Gasteiger partial charge in [-0.05, 0) is 12.1 Å². The fraction of sp³-hybridized carbons (Fsp3) is 0.474. The highest BCUT2D eigenvalue weighted by Gasteiger charge is 2.40. The molecular weight excluding hydrogens is 440 g/mol. The van der Waals surface area contributed by atoms with E-state index in [9.17, 15) is 13.2 Å². The van der Waals surface area contributed by atoms with Crippen LogP contribution in [0.3, 0.4) is 0 Å². The van der Waals surface area contributed by atoms with Gasteiger partial charge in [-0.15, -0.1) is 5.10 Å². The Hall–Kier alpha value is -2.13. The van der Waals surface area contributed by atoms with Gasteiger partial charge in [0, 0.05) is 23.9 Å². The van der Waals surface area contributed by atoms with E-state index in [0.717, 1.165) is 0 Å². The second-order valence-corrected chi connectivity index (χ2v) is 9.17. The molecule has 0 unspecified atom stereocenters. The number of nitrogens with zero attached hydrogens (tertiary/aromatic N) is 6. The van der Waals surface area contributed by atoms with Crippen LogP contribution in [-0.2, 0) is 12.0 Å². The highest BCUT2D eigenvalue weighted by Crippen LogP contribution is 2.35. The predicted octanol–water partition coefficient (Wildman–Crippen LogP) is 4.86. The molecule has 0 atom stereocenters. The SMILES string of the molecule is CC(C)(C)c1nc(N2CCC(F)(F)C2)c2nnn(Cc3c(F)ccc(Cl)c3Cl)c2n1. The first kappa shape index (κ1) is 21.1. The number of rotatable bonds is 3. The molecule has 6 nitrogen and oxygen atoms in total. The second-order valence-electron chi connectivity index (χ2n) is 8.39. The largest absolute Gasteiger partial charge is 0.348 e. The van der Waals surface area contributed by atoms with Crippen molar-refractivity contribution >= 4 is 40.2 Å². The molecule has 2 aromatic heterocycles. The Morgan fingerprint density at radius 2 is 1.90 bits per heavy atom. The third-order valence-corrected chi connectivity index (χ3v) is 5.77. The van der Waals surface area contributed by atoms with Gasteiger partial charge in [-0.2, -0.15) is 0 Å². The topological polar surface area (TPSA) is 59.7 Å². The molecule has 0 bridgehead atoms. The number of hydrogen-bond acceptors (Lipinski definition) is 5. The Labute approximate surface area is 181 Å². The van der Waals surface area contributed by atoms with Gasteiger partial charge in [0.25, 0.3) is 5.92 Å². The van der Waals surface area contributed by atoms with Crippen LogP contribution in [0.15, 0.2) is 12.1 Å². The zero-order valence-electron chi connectivity index (χ0n) is 16.6. The van der Waals surface area contributed by atoms with E-state index in [1.54, 1.807) is 0 Å². The van der Waals surface area contributed by atoms with Crippen molar-refractivity contribution in [3.8, 4) is 0 Å². The van der Waals surface area contributed by atoms with Crippen LogP contribution in [0.4, 0.5) is 19.0 Å². The normalized spacial score (nSPS) is 16.6. The van der Waals surface area contributed by atoms with Crippen LogP contribution in [0.5, 0.6) is 0 Å². The van der Waals surface area contributed by atoms with Gasteiger partial charge in [-0.3, -0.25) is 0 Å². The van der Waals surface area contributed by atoms with Gasteiger partial charge in [-0.25, -0.2) is 27.8 Å². The number of hydrogen-bond donors (Lipinski definition) is 0. The molecule has 0 aliphatic carbocycles. The predicted molar refractivity (Wildman–Crippen MR) is 109 cm³/mol. The molecule has 1 saturated heterocycles. The van der Waals surface area contributed by atoms with Crippen molar-refractivity contribution < 1.29 is 13.2 Å². The molecule has 1 fully saturated rings. The summed E-state index contributed by atoms with van der Waals surface area (Å²) in [6, 6.07) is 2.59. The molecule has 0 saturated carbocycles. The third kappa shape index (κ3) is 3.80. The van der Waals surface area contributed by atoms with Crippen molar-refractivity contribution in [1.82, 2.24) is 25.0 Å². The van der Waals surface area contributed by atoms with Crippen molar-refractivity contribution in [2.24, 2.45) is 0 Å². The monoisotopic (exact) mass is 458 g/mol. The van der Waals surface area contributed by atoms with Crippen LogP contribution in [0, 0.1) is 5.82 Å². The molecule has 4 rings (SSSR count). The standard InChI is InChI=1S/C19H19Cl2F3N6/c1-18(2,3)17-25-15(29-7-6-19(23,24)9-29)14-16(26-17)30(28-27-14)8-10-12(22)5-4-11(20)13(10)21/h4-5H,6-9H2,1-3H3. The maximum Gasteiger partial charge on any atom is 0.266 e. The molecule has 160 valence electrons. The van der Waals surface area contributed by atoms with E-state index >= 15 is 0 Å². The minimum absolute atomic E-state index is 0.0715. The molecule has 0 amide bonds. The maximum absolute atomic E-state index is 14.4. The lowest BCUT2D eigenvalue weighted by atomic mass is 9.96. The molecule has 3 heterocycles. The number of aromatic nitrogens is 5. The second kappa shape index (κ2) is 7.23. The van der Waals surface area contributed by atoms with E-state index in [1.165, 1.54) is 21.7 Å². The van der Waals surface area contributed by atoms with E-state index in [4.69, 9.17) is 23.2 Å². The van der Waals surface area contributed by atoms with Crippen LogP contribution >= 0.6 is 23.2 Å². The molecule has 1 aromatic carbocycles. The van der Waals surface area contributed by atoms with Gasteiger partial charge in [0.1, 0.15) is 11.6 Å². The third-order valence-electron chi connectivity index (χ3n) is 4.93. The molecule has 30 heavy (non-hydrogen) atoms. The summed E-state index contributed by atoms with van der Waals surface area (Å²) in [6.45, 7) is 5.36. The molecule has 1 aliphatic rings. The van der Waals surface area contributed by atoms with Gasteiger partial charge in [-0.1, -0.05) is 49.2 Å². The first-order chi connectivity index (χ1) is 14.0. The van der Waals surface area contributed by atoms with Gasteiger partial charge in [0.15, 0.2) is 17.0 Å². The van der Waals surface area contributed by atoms with Gasteiger partial charge in [0.05, 0.1) is 23.1 Å². The van der Waals surface area contributed by atoms with Crippen LogP contribution in [0.1, 0.15) is 38.6 Å². The summed E-state index contributed by atoms with van der Waals surface area (Å²) in [5.41, 5.74) is 0.273. The Balaban J connectivity index is 1.86. The van der Waals surface area contributed by atoms with E-state index in [1.807, 2.05) is 20.8 Å². The summed E-state index contributed by atoms with van der Waals surface area (Å²) in [5.74, 6) is -2.60. The number of fused-ring (bicyclic) bond motifs is 1. The smallest absolute Gasteiger partial charge is 0.266 e. The van der Waals surface area contributed by atoms with E-state index in [2.05, 4.69) is 20.3 Å². The van der Waals surface area contributed by atoms with Gasteiger partial charge < -0.3 is 4.90 Å². The van der Waals surface area contributed by atoms with Crippen LogP contribution in [0.25, 0.3) is 11.2 Å². The lowest BCUT2D eigenvalue weighted by molar-refractivity contribution is 0.0257. The van der Waals surface area contributed by atoms with Gasteiger partial charge >= 0.3 is 0 Å². The lowest BCUT2D eigenvalue weighted by Gasteiger charge is -2.22. The van der Waals surface area contributed by atoms with E-state index in [0.29, 0.717) is 17.3 Å². The summed E-state index contributed by atoms with van der Waals surface area (Å²) in [7, 11) is 0. The number of anilines is 1. The highest BCUT2D eigenvalue weighted by molar-refractivity contribution is 6.42. The highest BCUT2D eigenvalue weighted by atomic mass is 35.5. The first-order valence-electron chi connectivity index (χ1n) is 9.33. The zero-order valence-corrected chi connectivity index (χ0v) is 18.1. The Morgan fingerprint density at radius 3 is 2.53 bits per heavy atom. The zero-order chi connectivity index (χ0) is 21.8. The average Bonchev–Trinajstić information content (AvgIpc) is 3.23. The summed E-state index contributed by atoms with van der Waals surface area (Å²) in [5, 5.41) is 8.48. The van der Waals surface area contributed by atoms with Crippen LogP contribution in [-0.4, -0.2) is 44.0 Å². The van der Waals surface area contributed by atoms with Crippen molar-refractivity contribution in [2.45, 2.75) is 45.1 Å². The minimum atomic E-state index is -2.80. The molecule has 0 N–H and O–H groups in total. The summed E-state index contributed by atoms with van der Waals surface area (Å²) in [6.07, 6.45) is -0.263. The Morgan fingerprint density at radius 1 is 1.17 bits per heavy atom. The Bertz CT molecular complexity index is 1130. The van der Waals surface area contributed by atoms with Crippen molar-refractivity contribution in [2.75, 3.05) is 18.0 Å². The quantitative estimate of drug-likeness (QED) is 0.524. The molecular formula is C19H19Cl2F3N6. The van der Waals surface area contributed by atoms with Gasteiger partial charge in [0.2, 0.25) is 0 Å². The fourth-order valence-corrected chi connectivity index (χ4v) is 3.67. The fourth-order valence-electron chi connectivity index (χ4n) is 3.28. The molecule has 1 aliphatic heterocycles. The lowest BCUT2D eigenvalue weighted by Crippen LogP contribution is -2.27. The van der Waals surface area contributed by atoms with E-state index < -0.39 is 23.7 Å². The van der Waals surface area contributed by atoms with Crippen molar-refractivity contribution in [1.29, 1.82) is 0 Å². The molecule has 0 radical (unpaired) electrons. The van der Waals surface area contributed by atoms with Crippen LogP contribution < -0.4 is 4.90 Å². The molecule has 11 heteroatoms. The van der Waals surface area contributed by atoms with Crippen molar-refractivity contribution in [3.05, 3.63) is 39.4 Å². The number of alkyl halides is 2. The average molecular weight is 459 g/mol. The van der Waals surface area contributed by atoms with Crippen molar-refractivity contribution in [3.63, 3.8) is 0 Å². The summed E-state index contributed by atoms with van der Waals surface area (Å²) in [4.78, 5) is 10.6. The molecule has 3 aromatic rings. The van der Waals surface area contributed by atoms with E-state index in [-0.39, 0.29) is 40.6 Å². The Kier molecular flexibility index (Phi) is 5.09. The summed E-state index contributed by atoms with van der Waals surface area (Å²) >= 11 is 12.2. The van der Waals surface area contributed by atoms with Crippen LogP contribution in [0.2, 0.25) is 10.0 Å². The number of benzene rings is 1. The maximum atomic E-state index is 14.4.